The Morgan fingerprint density at radius 3 is 2.31 bits per heavy atom. The molecule has 0 amide bonds. The van der Waals surface area contributed by atoms with Gasteiger partial charge in [-0.15, -0.1) is 11.6 Å². The lowest BCUT2D eigenvalue weighted by molar-refractivity contribution is 0.0816. The first-order valence-electron chi connectivity index (χ1n) is 10.6. The summed E-state index contributed by atoms with van der Waals surface area (Å²) < 4.78 is 34.5. The molecule has 1 aromatic rings. The predicted molar refractivity (Wildman–Crippen MR) is 132 cm³/mol. The second-order valence-electron chi connectivity index (χ2n) is 8.27. The van der Waals surface area contributed by atoms with Crippen LogP contribution in [0.15, 0.2) is 35.6 Å². The normalized spacial score (nSPS) is 15.7. The molecule has 0 aromatic heterocycles. The third kappa shape index (κ3) is 7.56. The van der Waals surface area contributed by atoms with Crippen molar-refractivity contribution >= 4 is 44.6 Å². The maximum absolute atomic E-state index is 11.6. The zero-order chi connectivity index (χ0) is 23.9. The molecule has 9 heteroatoms. The van der Waals surface area contributed by atoms with Crippen molar-refractivity contribution in [2.75, 3.05) is 30.6 Å². The van der Waals surface area contributed by atoms with Crippen molar-refractivity contribution in [3.05, 3.63) is 51.2 Å². The Hall–Kier alpha value is -0.920. The van der Waals surface area contributed by atoms with Gasteiger partial charge in [-0.3, -0.25) is 0 Å². The molecule has 0 aliphatic heterocycles. The van der Waals surface area contributed by atoms with Crippen LogP contribution < -0.4 is 4.74 Å². The van der Waals surface area contributed by atoms with Crippen LogP contribution in [0.2, 0.25) is 10.0 Å². The zero-order valence-corrected chi connectivity index (χ0v) is 21.8. The number of halogens is 3. The summed E-state index contributed by atoms with van der Waals surface area (Å²) in [6.45, 7) is 6.17. The van der Waals surface area contributed by atoms with E-state index in [1.54, 1.807) is 6.92 Å². The van der Waals surface area contributed by atoms with Gasteiger partial charge in [0, 0.05) is 23.5 Å². The topological polar surface area (TPSA) is 72.8 Å². The molecular formula is C23H31Cl3O5S. The van der Waals surface area contributed by atoms with Crippen molar-refractivity contribution in [1.82, 2.24) is 0 Å². The minimum Gasteiger partial charge on any atom is -0.495 e. The van der Waals surface area contributed by atoms with Gasteiger partial charge in [0.05, 0.1) is 28.2 Å². The van der Waals surface area contributed by atoms with Gasteiger partial charge in [0.2, 0.25) is 0 Å². The maximum atomic E-state index is 11.6. The number of rotatable bonds is 12. The first-order valence-corrected chi connectivity index (χ1v) is 13.7. The quantitative estimate of drug-likeness (QED) is 0.280. The van der Waals surface area contributed by atoms with Crippen molar-refractivity contribution in [2.45, 2.75) is 51.6 Å². The molecule has 0 fully saturated rings. The van der Waals surface area contributed by atoms with E-state index in [-0.39, 0.29) is 23.5 Å². The van der Waals surface area contributed by atoms with Crippen LogP contribution in [0.5, 0.6) is 5.75 Å². The lowest BCUT2D eigenvalue weighted by Crippen LogP contribution is -2.27. The molecule has 0 spiro atoms. The highest BCUT2D eigenvalue weighted by Crippen LogP contribution is 2.42. The van der Waals surface area contributed by atoms with Gasteiger partial charge in [0.1, 0.15) is 12.7 Å². The summed E-state index contributed by atoms with van der Waals surface area (Å²) in [5.74, 6) is 1.40. The molecule has 1 aromatic carbocycles. The predicted octanol–water partition coefficient (Wildman–Crippen LogP) is 5.70. The van der Waals surface area contributed by atoms with Gasteiger partial charge in [0.15, 0.2) is 15.6 Å². The smallest absolute Gasteiger partial charge is 0.156 e. The van der Waals surface area contributed by atoms with Crippen molar-refractivity contribution in [1.29, 1.82) is 0 Å². The molecule has 1 aliphatic rings. The largest absolute Gasteiger partial charge is 0.495 e. The number of allylic oxidation sites excluding steroid dienone is 4. The SMILES string of the molecule is CCS(=O)(=O)CC(O)COC1=CC=C(C(C)(C)c2cc(Cl)c(OCCCCl)c(Cl)c2)CC1. The Balaban J connectivity index is 2.08. The van der Waals surface area contributed by atoms with Crippen LogP contribution in [0.4, 0.5) is 0 Å². The van der Waals surface area contributed by atoms with E-state index in [2.05, 4.69) is 13.8 Å². The summed E-state index contributed by atoms with van der Waals surface area (Å²) in [5.41, 5.74) is 1.84. The third-order valence-electron chi connectivity index (χ3n) is 5.51. The standard InChI is InChI=1S/C23H31Cl3O5S/c1-4-32(28,29)15-18(27)14-31-19-8-6-16(7-9-19)23(2,3)17-12-20(25)22(21(26)13-17)30-11-5-10-24/h6,8,12-13,18,27H,4-5,7,9-11,14-15H2,1-3H3. The van der Waals surface area contributed by atoms with E-state index in [1.165, 1.54) is 5.57 Å². The molecule has 0 saturated carbocycles. The van der Waals surface area contributed by atoms with Gasteiger partial charge in [-0.25, -0.2) is 8.42 Å². The fourth-order valence-corrected chi connectivity index (χ4v) is 5.02. The number of alkyl halides is 1. The van der Waals surface area contributed by atoms with Gasteiger partial charge in [-0.05, 0) is 36.6 Å². The molecule has 5 nitrogen and oxygen atoms in total. The monoisotopic (exact) mass is 524 g/mol. The summed E-state index contributed by atoms with van der Waals surface area (Å²) in [6, 6.07) is 3.76. The first kappa shape index (κ1) is 27.3. The molecule has 1 aliphatic carbocycles. The molecule has 0 saturated heterocycles. The van der Waals surface area contributed by atoms with Crippen LogP contribution in [0.1, 0.15) is 45.6 Å². The van der Waals surface area contributed by atoms with Crippen LogP contribution in [-0.4, -0.2) is 50.2 Å². The van der Waals surface area contributed by atoms with Gasteiger partial charge >= 0.3 is 0 Å². The lowest BCUT2D eigenvalue weighted by atomic mass is 9.74. The lowest BCUT2D eigenvalue weighted by Gasteiger charge is -2.31. The van der Waals surface area contributed by atoms with Gasteiger partial charge in [-0.1, -0.05) is 55.6 Å². The second kappa shape index (κ2) is 12.0. The third-order valence-corrected chi connectivity index (χ3v) is 8.11. The zero-order valence-electron chi connectivity index (χ0n) is 18.7. The van der Waals surface area contributed by atoms with E-state index in [0.29, 0.717) is 41.1 Å². The van der Waals surface area contributed by atoms with E-state index in [9.17, 15) is 13.5 Å². The Morgan fingerprint density at radius 2 is 1.78 bits per heavy atom. The molecule has 32 heavy (non-hydrogen) atoms. The van der Waals surface area contributed by atoms with Gasteiger partial charge < -0.3 is 14.6 Å². The highest BCUT2D eigenvalue weighted by Gasteiger charge is 2.29. The van der Waals surface area contributed by atoms with E-state index in [1.807, 2.05) is 24.3 Å². The highest BCUT2D eigenvalue weighted by molar-refractivity contribution is 7.91. The molecule has 1 N–H and O–H groups in total. The van der Waals surface area contributed by atoms with E-state index >= 15 is 0 Å². The van der Waals surface area contributed by atoms with Crippen molar-refractivity contribution < 1.29 is 23.0 Å². The van der Waals surface area contributed by atoms with Crippen molar-refractivity contribution in [3.63, 3.8) is 0 Å². The van der Waals surface area contributed by atoms with E-state index < -0.39 is 15.9 Å². The van der Waals surface area contributed by atoms with Crippen molar-refractivity contribution in [3.8, 4) is 5.75 Å². The first-order chi connectivity index (χ1) is 15.0. The number of ether oxygens (including phenoxy) is 2. The van der Waals surface area contributed by atoms with Crippen LogP contribution in [-0.2, 0) is 20.0 Å². The summed E-state index contributed by atoms with van der Waals surface area (Å²) in [7, 11) is -3.25. The molecule has 1 unspecified atom stereocenters. The molecular weight excluding hydrogens is 495 g/mol. The average molecular weight is 526 g/mol. The molecule has 0 bridgehead atoms. The van der Waals surface area contributed by atoms with Gasteiger partial charge in [-0.2, -0.15) is 0 Å². The minimum atomic E-state index is -3.25. The molecule has 0 radical (unpaired) electrons. The Labute approximate surface area is 206 Å². The number of hydrogen-bond acceptors (Lipinski definition) is 5. The molecule has 0 heterocycles. The Bertz CT molecular complexity index is 931. The maximum Gasteiger partial charge on any atom is 0.156 e. The van der Waals surface area contributed by atoms with E-state index in [4.69, 9.17) is 44.3 Å². The van der Waals surface area contributed by atoms with Crippen LogP contribution in [0, 0.1) is 0 Å². The number of hydrogen-bond donors (Lipinski definition) is 1. The summed E-state index contributed by atoms with van der Waals surface area (Å²) in [4.78, 5) is 0. The van der Waals surface area contributed by atoms with Gasteiger partial charge in [0.25, 0.3) is 0 Å². The van der Waals surface area contributed by atoms with E-state index in [0.717, 1.165) is 17.7 Å². The minimum absolute atomic E-state index is 0.00247. The van der Waals surface area contributed by atoms with Crippen LogP contribution in [0.25, 0.3) is 0 Å². The number of benzene rings is 1. The molecule has 180 valence electrons. The summed E-state index contributed by atoms with van der Waals surface area (Å²) in [5, 5.41) is 10.9. The second-order valence-corrected chi connectivity index (χ2v) is 11.9. The number of sulfone groups is 1. The number of aliphatic hydroxyl groups is 1. The fraction of sp³-hybridized carbons (Fsp3) is 0.565. The van der Waals surface area contributed by atoms with Crippen molar-refractivity contribution in [2.24, 2.45) is 0 Å². The number of aliphatic hydroxyl groups excluding tert-OH is 1. The Kier molecular flexibility index (Phi) is 10.2. The summed E-state index contributed by atoms with van der Waals surface area (Å²) in [6.07, 6.45) is 4.94. The highest BCUT2D eigenvalue weighted by atomic mass is 35.5. The molecule has 2 rings (SSSR count). The fourth-order valence-electron chi connectivity index (χ4n) is 3.39. The average Bonchev–Trinajstić information content (AvgIpc) is 2.74. The van der Waals surface area contributed by atoms with Crippen LogP contribution >= 0.6 is 34.8 Å². The molecule has 1 atom stereocenters. The van der Waals surface area contributed by atoms with Crippen LogP contribution in [0.3, 0.4) is 0 Å². The summed E-state index contributed by atoms with van der Waals surface area (Å²) >= 11 is 18.6. The Morgan fingerprint density at radius 1 is 1.12 bits per heavy atom.